The molecule has 0 aliphatic rings. The number of aryl methyl sites for hydroxylation is 1. The van der Waals surface area contributed by atoms with Gasteiger partial charge >= 0.3 is 0 Å². The fourth-order valence-corrected chi connectivity index (χ4v) is 2.79. The Kier molecular flexibility index (Phi) is 2.84. The Bertz CT molecular complexity index is 633. The van der Waals surface area contributed by atoms with E-state index in [-0.39, 0.29) is 16.5 Å². The van der Waals surface area contributed by atoms with Gasteiger partial charge in [-0.25, -0.2) is 13.4 Å². The predicted octanol–water partition coefficient (Wildman–Crippen LogP) is 0.371. The number of hydrogen-bond acceptors (Lipinski definition) is 5. The third-order valence-corrected chi connectivity index (χ3v) is 3.81. The van der Waals surface area contributed by atoms with Crippen LogP contribution >= 0.6 is 0 Å². The summed E-state index contributed by atoms with van der Waals surface area (Å²) in [5.74, 6) is -0.199. The minimum absolute atomic E-state index is 0.0920. The maximum absolute atomic E-state index is 12.0. The molecule has 2 heterocycles. The molecule has 0 bridgehead atoms. The van der Waals surface area contributed by atoms with Gasteiger partial charge in [-0.1, -0.05) is 0 Å². The zero-order valence-electron chi connectivity index (χ0n) is 9.24. The molecule has 0 atom stereocenters. The molecule has 0 aliphatic carbocycles. The molecule has 17 heavy (non-hydrogen) atoms. The molecule has 6 nitrogen and oxygen atoms in total. The lowest BCUT2D eigenvalue weighted by Crippen LogP contribution is -2.10. The highest BCUT2D eigenvalue weighted by Gasteiger charge is 2.20. The number of aromatic nitrogens is 3. The number of rotatable bonds is 3. The summed E-state index contributed by atoms with van der Waals surface area (Å²) >= 11 is 0. The first-order chi connectivity index (χ1) is 7.99. The Labute approximate surface area is 99.0 Å². The molecule has 0 amide bonds. The van der Waals surface area contributed by atoms with Crippen molar-refractivity contribution in [1.29, 1.82) is 0 Å². The van der Waals surface area contributed by atoms with Gasteiger partial charge in [0, 0.05) is 19.4 Å². The third kappa shape index (κ3) is 2.44. The standard InChI is InChI=1S/C10H12N4O2S/c1-14-6-4-8(13-14)7-17(15,16)10-9(11)3-2-5-12-10/h2-6H,7,11H2,1H3. The number of hydrogen-bond donors (Lipinski definition) is 1. The van der Waals surface area contributed by atoms with Crippen LogP contribution in [0, 0.1) is 0 Å². The Morgan fingerprint density at radius 2 is 2.18 bits per heavy atom. The van der Waals surface area contributed by atoms with Crippen LogP contribution in [0.15, 0.2) is 35.6 Å². The van der Waals surface area contributed by atoms with E-state index in [0.717, 1.165) is 0 Å². The van der Waals surface area contributed by atoms with Gasteiger partial charge in [-0.2, -0.15) is 5.10 Å². The number of nitrogen functional groups attached to an aromatic ring is 1. The molecular weight excluding hydrogens is 240 g/mol. The number of nitrogens with zero attached hydrogens (tertiary/aromatic N) is 3. The summed E-state index contributed by atoms with van der Waals surface area (Å²) in [6.45, 7) is 0. The first-order valence-corrected chi connectivity index (χ1v) is 6.56. The fourth-order valence-electron chi connectivity index (χ4n) is 1.47. The average molecular weight is 252 g/mol. The van der Waals surface area contributed by atoms with Crippen LogP contribution in [0.25, 0.3) is 0 Å². The van der Waals surface area contributed by atoms with Crippen molar-refractivity contribution in [3.8, 4) is 0 Å². The molecule has 0 saturated carbocycles. The summed E-state index contributed by atoms with van der Waals surface area (Å²) < 4.78 is 25.6. The molecule has 0 saturated heterocycles. The van der Waals surface area contributed by atoms with E-state index >= 15 is 0 Å². The molecule has 0 fully saturated rings. The highest BCUT2D eigenvalue weighted by Crippen LogP contribution is 2.18. The molecule has 2 N–H and O–H groups in total. The summed E-state index contributed by atoms with van der Waals surface area (Å²) in [6, 6.07) is 4.75. The number of nitrogens with two attached hydrogens (primary N) is 1. The van der Waals surface area contributed by atoms with Crippen LogP contribution in [0.5, 0.6) is 0 Å². The zero-order chi connectivity index (χ0) is 12.5. The van der Waals surface area contributed by atoms with Crippen molar-refractivity contribution in [2.75, 3.05) is 5.73 Å². The van der Waals surface area contributed by atoms with Gasteiger partial charge in [-0.15, -0.1) is 0 Å². The lowest BCUT2D eigenvalue weighted by Gasteiger charge is -2.04. The van der Waals surface area contributed by atoms with Gasteiger partial charge < -0.3 is 5.73 Å². The van der Waals surface area contributed by atoms with Crippen LogP contribution in [-0.4, -0.2) is 23.2 Å². The second-order valence-electron chi connectivity index (χ2n) is 3.64. The summed E-state index contributed by atoms with van der Waals surface area (Å²) in [7, 11) is -1.82. The minimum Gasteiger partial charge on any atom is -0.396 e. The highest BCUT2D eigenvalue weighted by atomic mass is 32.2. The summed E-state index contributed by atoms with van der Waals surface area (Å²) in [6.07, 6.45) is 3.09. The molecule has 0 spiro atoms. The van der Waals surface area contributed by atoms with Gasteiger partial charge in [-0.05, 0) is 18.2 Å². The molecule has 7 heteroatoms. The van der Waals surface area contributed by atoms with Crippen LogP contribution in [0.2, 0.25) is 0 Å². The first-order valence-electron chi connectivity index (χ1n) is 4.91. The van der Waals surface area contributed by atoms with Crippen molar-refractivity contribution in [3.05, 3.63) is 36.3 Å². The average Bonchev–Trinajstić information content (AvgIpc) is 2.63. The van der Waals surface area contributed by atoms with E-state index in [2.05, 4.69) is 10.1 Å². The van der Waals surface area contributed by atoms with Gasteiger partial charge in [0.15, 0.2) is 5.03 Å². The summed E-state index contributed by atoms with van der Waals surface area (Å²) in [5.41, 5.74) is 6.22. The molecule has 0 radical (unpaired) electrons. The van der Waals surface area contributed by atoms with E-state index in [4.69, 9.17) is 5.73 Å². The molecular formula is C10H12N4O2S. The van der Waals surface area contributed by atoms with E-state index in [9.17, 15) is 8.42 Å². The summed E-state index contributed by atoms with van der Waals surface area (Å²) in [4.78, 5) is 3.81. The molecule has 2 aromatic rings. The van der Waals surface area contributed by atoms with Gasteiger partial charge in [0.2, 0.25) is 9.84 Å². The highest BCUT2D eigenvalue weighted by molar-refractivity contribution is 7.90. The van der Waals surface area contributed by atoms with E-state index < -0.39 is 9.84 Å². The van der Waals surface area contributed by atoms with Gasteiger partial charge in [0.1, 0.15) is 5.75 Å². The van der Waals surface area contributed by atoms with Crippen LogP contribution < -0.4 is 5.73 Å². The maximum atomic E-state index is 12.0. The Hall–Kier alpha value is -1.89. The fraction of sp³-hybridized carbons (Fsp3) is 0.200. The lowest BCUT2D eigenvalue weighted by molar-refractivity contribution is 0.590. The van der Waals surface area contributed by atoms with Gasteiger partial charge in [0.25, 0.3) is 0 Å². The van der Waals surface area contributed by atoms with Crippen molar-refractivity contribution in [2.24, 2.45) is 7.05 Å². The third-order valence-electron chi connectivity index (χ3n) is 2.20. The lowest BCUT2D eigenvalue weighted by atomic mass is 10.4. The van der Waals surface area contributed by atoms with Crippen molar-refractivity contribution >= 4 is 15.5 Å². The zero-order valence-corrected chi connectivity index (χ0v) is 10.1. The van der Waals surface area contributed by atoms with E-state index in [0.29, 0.717) is 5.69 Å². The Morgan fingerprint density at radius 3 is 2.76 bits per heavy atom. The molecule has 2 rings (SSSR count). The Morgan fingerprint density at radius 1 is 1.41 bits per heavy atom. The van der Waals surface area contributed by atoms with Crippen molar-refractivity contribution in [3.63, 3.8) is 0 Å². The van der Waals surface area contributed by atoms with Crippen LogP contribution in [0.4, 0.5) is 5.69 Å². The molecule has 2 aromatic heterocycles. The van der Waals surface area contributed by atoms with Crippen LogP contribution in [0.1, 0.15) is 5.69 Å². The molecule has 0 aliphatic heterocycles. The molecule has 90 valence electrons. The van der Waals surface area contributed by atoms with E-state index in [1.165, 1.54) is 12.3 Å². The normalized spacial score (nSPS) is 11.6. The Balaban J connectivity index is 2.35. The predicted molar refractivity (Wildman–Crippen MR) is 62.7 cm³/mol. The van der Waals surface area contributed by atoms with Gasteiger partial charge in [-0.3, -0.25) is 4.68 Å². The first kappa shape index (κ1) is 11.6. The monoisotopic (exact) mass is 252 g/mol. The van der Waals surface area contributed by atoms with Crippen molar-refractivity contribution < 1.29 is 8.42 Å². The largest absolute Gasteiger partial charge is 0.396 e. The second kappa shape index (κ2) is 4.17. The van der Waals surface area contributed by atoms with E-state index in [1.807, 2.05) is 0 Å². The van der Waals surface area contributed by atoms with Crippen molar-refractivity contribution in [1.82, 2.24) is 14.8 Å². The SMILES string of the molecule is Cn1ccc(CS(=O)(=O)c2ncccc2N)n1. The smallest absolute Gasteiger partial charge is 0.203 e. The van der Waals surface area contributed by atoms with Crippen molar-refractivity contribution in [2.45, 2.75) is 10.8 Å². The quantitative estimate of drug-likeness (QED) is 0.852. The topological polar surface area (TPSA) is 90.9 Å². The minimum atomic E-state index is -3.54. The van der Waals surface area contributed by atoms with Crippen LogP contribution in [0.3, 0.4) is 0 Å². The van der Waals surface area contributed by atoms with Crippen LogP contribution in [-0.2, 0) is 22.6 Å². The van der Waals surface area contributed by atoms with Gasteiger partial charge in [0.05, 0.1) is 11.4 Å². The number of pyridine rings is 1. The number of sulfone groups is 1. The second-order valence-corrected chi connectivity index (χ2v) is 5.54. The van der Waals surface area contributed by atoms with E-state index in [1.54, 1.807) is 30.1 Å². The maximum Gasteiger partial charge on any atom is 0.203 e. The summed E-state index contributed by atoms with van der Waals surface area (Å²) in [5, 5.41) is 3.93. The molecule has 0 aromatic carbocycles. The number of anilines is 1. The molecule has 0 unspecified atom stereocenters.